The number of hydrogen-bond acceptors (Lipinski definition) is 4. The van der Waals surface area contributed by atoms with E-state index < -0.39 is 0 Å². The van der Waals surface area contributed by atoms with Gasteiger partial charge in [0, 0.05) is 13.2 Å². The Kier molecular flexibility index (Phi) is 4.20. The molecule has 2 rings (SSSR count). The van der Waals surface area contributed by atoms with E-state index in [-0.39, 0.29) is 12.6 Å². The van der Waals surface area contributed by atoms with Crippen LogP contribution in [0.25, 0.3) is 0 Å². The van der Waals surface area contributed by atoms with Crippen LogP contribution in [-0.2, 0) is 11.3 Å². The van der Waals surface area contributed by atoms with Gasteiger partial charge in [0.2, 0.25) is 0 Å². The molecule has 1 aromatic heterocycles. The van der Waals surface area contributed by atoms with Crippen molar-refractivity contribution in [1.82, 2.24) is 4.98 Å². The number of nitrogens with zero attached hydrogens (tertiary/aromatic N) is 2. The molecule has 1 aromatic rings. The van der Waals surface area contributed by atoms with Gasteiger partial charge >= 0.3 is 0 Å². The molecule has 1 aliphatic rings. The minimum Gasteiger partial charge on any atom is -0.392 e. The SMILES string of the molecule is C[C@@H]1COCCCN1c1cc(CO)cc(Cl)n1. The van der Waals surface area contributed by atoms with Crippen LogP contribution in [0.15, 0.2) is 12.1 Å². The summed E-state index contributed by atoms with van der Waals surface area (Å²) in [5.41, 5.74) is 0.789. The summed E-state index contributed by atoms with van der Waals surface area (Å²) >= 11 is 5.96. The molecule has 0 spiro atoms. The van der Waals surface area contributed by atoms with Gasteiger partial charge < -0.3 is 14.7 Å². The van der Waals surface area contributed by atoms with Gasteiger partial charge in [-0.1, -0.05) is 11.6 Å². The van der Waals surface area contributed by atoms with Gasteiger partial charge in [-0.15, -0.1) is 0 Å². The van der Waals surface area contributed by atoms with Crippen LogP contribution in [0.2, 0.25) is 5.15 Å². The Labute approximate surface area is 106 Å². The number of aromatic nitrogens is 1. The van der Waals surface area contributed by atoms with Crippen molar-refractivity contribution in [3.63, 3.8) is 0 Å². The van der Waals surface area contributed by atoms with Gasteiger partial charge in [-0.2, -0.15) is 0 Å². The molecule has 1 atom stereocenters. The summed E-state index contributed by atoms with van der Waals surface area (Å²) in [4.78, 5) is 6.50. The molecular weight excluding hydrogens is 240 g/mol. The quantitative estimate of drug-likeness (QED) is 0.821. The third kappa shape index (κ3) is 3.09. The van der Waals surface area contributed by atoms with Crippen molar-refractivity contribution in [3.05, 3.63) is 22.8 Å². The van der Waals surface area contributed by atoms with E-state index in [4.69, 9.17) is 16.3 Å². The Bertz CT molecular complexity index is 387. The van der Waals surface area contributed by atoms with Crippen molar-refractivity contribution in [2.24, 2.45) is 0 Å². The molecular formula is C12H17ClN2O2. The second kappa shape index (κ2) is 5.67. The molecule has 1 saturated heterocycles. The Morgan fingerprint density at radius 3 is 3.18 bits per heavy atom. The minimum absolute atomic E-state index is 0.0199. The molecule has 0 saturated carbocycles. The molecule has 2 heterocycles. The van der Waals surface area contributed by atoms with E-state index >= 15 is 0 Å². The average molecular weight is 257 g/mol. The molecule has 0 bridgehead atoms. The Hall–Kier alpha value is -0.840. The van der Waals surface area contributed by atoms with Gasteiger partial charge in [-0.3, -0.25) is 0 Å². The minimum atomic E-state index is -0.0199. The predicted octanol–water partition coefficient (Wildman–Crippen LogP) is 1.84. The number of aliphatic hydroxyl groups is 1. The third-order valence-electron chi connectivity index (χ3n) is 2.90. The molecule has 0 radical (unpaired) electrons. The highest BCUT2D eigenvalue weighted by Crippen LogP contribution is 2.21. The van der Waals surface area contributed by atoms with Gasteiger partial charge in [0.05, 0.1) is 19.3 Å². The van der Waals surface area contributed by atoms with E-state index in [9.17, 15) is 5.11 Å². The molecule has 1 fully saturated rings. The zero-order chi connectivity index (χ0) is 12.3. The fraction of sp³-hybridized carbons (Fsp3) is 0.583. The highest BCUT2D eigenvalue weighted by molar-refractivity contribution is 6.29. The van der Waals surface area contributed by atoms with Gasteiger partial charge in [-0.05, 0) is 31.0 Å². The lowest BCUT2D eigenvalue weighted by Crippen LogP contribution is -2.35. The molecule has 4 nitrogen and oxygen atoms in total. The number of ether oxygens (including phenoxy) is 1. The first kappa shape index (κ1) is 12.6. The van der Waals surface area contributed by atoms with Crippen molar-refractivity contribution in [1.29, 1.82) is 0 Å². The van der Waals surface area contributed by atoms with Gasteiger partial charge in [0.1, 0.15) is 11.0 Å². The van der Waals surface area contributed by atoms with E-state index in [1.807, 2.05) is 6.07 Å². The number of hydrogen-bond donors (Lipinski definition) is 1. The fourth-order valence-electron chi connectivity index (χ4n) is 2.01. The average Bonchev–Trinajstić information content (AvgIpc) is 2.53. The molecule has 0 amide bonds. The monoisotopic (exact) mass is 256 g/mol. The van der Waals surface area contributed by atoms with Crippen molar-refractivity contribution < 1.29 is 9.84 Å². The van der Waals surface area contributed by atoms with Crippen LogP contribution >= 0.6 is 11.6 Å². The van der Waals surface area contributed by atoms with E-state index in [1.165, 1.54) is 0 Å². The Balaban J connectivity index is 2.27. The summed E-state index contributed by atoms with van der Waals surface area (Å²) in [6.07, 6.45) is 0.979. The van der Waals surface area contributed by atoms with Crippen LogP contribution in [-0.4, -0.2) is 35.9 Å². The second-order valence-corrected chi connectivity index (χ2v) is 4.67. The second-order valence-electron chi connectivity index (χ2n) is 4.29. The molecule has 1 N–H and O–H groups in total. The van der Waals surface area contributed by atoms with Crippen LogP contribution in [0.5, 0.6) is 0 Å². The van der Waals surface area contributed by atoms with E-state index in [1.54, 1.807) is 6.07 Å². The zero-order valence-electron chi connectivity index (χ0n) is 9.90. The lowest BCUT2D eigenvalue weighted by molar-refractivity contribution is 0.137. The van der Waals surface area contributed by atoms with Crippen LogP contribution < -0.4 is 4.90 Å². The van der Waals surface area contributed by atoms with E-state index in [0.717, 1.165) is 31.0 Å². The van der Waals surface area contributed by atoms with Crippen LogP contribution in [0.4, 0.5) is 5.82 Å². The number of rotatable bonds is 2. The number of aliphatic hydroxyl groups excluding tert-OH is 1. The summed E-state index contributed by atoms with van der Waals surface area (Å²) in [6.45, 7) is 4.47. The van der Waals surface area contributed by atoms with Crippen molar-refractivity contribution in [2.45, 2.75) is 26.0 Å². The molecule has 0 unspecified atom stereocenters. The molecule has 5 heteroatoms. The first-order chi connectivity index (χ1) is 8.20. The van der Waals surface area contributed by atoms with Crippen LogP contribution in [0.1, 0.15) is 18.9 Å². The number of halogens is 1. The predicted molar refractivity (Wildman–Crippen MR) is 67.4 cm³/mol. The summed E-state index contributed by atoms with van der Waals surface area (Å²) < 4.78 is 5.49. The third-order valence-corrected chi connectivity index (χ3v) is 3.09. The van der Waals surface area contributed by atoms with Crippen molar-refractivity contribution >= 4 is 17.4 Å². The lowest BCUT2D eigenvalue weighted by Gasteiger charge is -2.27. The first-order valence-corrected chi connectivity index (χ1v) is 6.20. The highest BCUT2D eigenvalue weighted by atomic mass is 35.5. The normalized spacial score (nSPS) is 21.4. The number of pyridine rings is 1. The lowest BCUT2D eigenvalue weighted by atomic mass is 10.2. The molecule has 17 heavy (non-hydrogen) atoms. The first-order valence-electron chi connectivity index (χ1n) is 5.82. The molecule has 0 aromatic carbocycles. The zero-order valence-corrected chi connectivity index (χ0v) is 10.7. The van der Waals surface area contributed by atoms with Gasteiger partial charge in [0.15, 0.2) is 0 Å². The topological polar surface area (TPSA) is 45.6 Å². The van der Waals surface area contributed by atoms with Gasteiger partial charge in [0.25, 0.3) is 0 Å². The number of anilines is 1. The molecule has 1 aliphatic heterocycles. The summed E-state index contributed by atoms with van der Waals surface area (Å²) in [7, 11) is 0. The summed E-state index contributed by atoms with van der Waals surface area (Å²) in [5, 5.41) is 9.60. The molecule has 0 aliphatic carbocycles. The highest BCUT2D eigenvalue weighted by Gasteiger charge is 2.19. The van der Waals surface area contributed by atoms with Gasteiger partial charge in [-0.25, -0.2) is 4.98 Å². The van der Waals surface area contributed by atoms with Crippen LogP contribution in [0.3, 0.4) is 0 Å². The van der Waals surface area contributed by atoms with Crippen molar-refractivity contribution in [2.75, 3.05) is 24.7 Å². The standard InChI is InChI=1S/C12H17ClN2O2/c1-9-8-17-4-2-3-15(9)12-6-10(7-16)5-11(13)14-12/h5-6,9,16H,2-4,7-8H2,1H3/t9-/m1/s1. The fourth-order valence-corrected chi connectivity index (χ4v) is 2.24. The summed E-state index contributed by atoms with van der Waals surface area (Å²) in [6, 6.07) is 3.84. The maximum atomic E-state index is 9.18. The smallest absolute Gasteiger partial charge is 0.131 e. The summed E-state index contributed by atoms with van der Waals surface area (Å²) in [5.74, 6) is 0.819. The Morgan fingerprint density at radius 2 is 2.41 bits per heavy atom. The van der Waals surface area contributed by atoms with E-state index in [2.05, 4.69) is 16.8 Å². The van der Waals surface area contributed by atoms with E-state index in [0.29, 0.717) is 11.8 Å². The maximum Gasteiger partial charge on any atom is 0.131 e. The maximum absolute atomic E-state index is 9.18. The largest absolute Gasteiger partial charge is 0.392 e. The van der Waals surface area contributed by atoms with Crippen molar-refractivity contribution in [3.8, 4) is 0 Å². The molecule has 94 valence electrons. The Morgan fingerprint density at radius 1 is 1.59 bits per heavy atom. The van der Waals surface area contributed by atoms with Crippen LogP contribution in [0, 0.1) is 0 Å².